The van der Waals surface area contributed by atoms with Crippen LogP contribution in [0, 0.1) is 0 Å². The molecule has 1 saturated carbocycles. The number of halogens is 3. The van der Waals surface area contributed by atoms with Crippen molar-refractivity contribution in [2.75, 3.05) is 19.6 Å². The van der Waals surface area contributed by atoms with Crippen LogP contribution in [0.25, 0.3) is 0 Å². The summed E-state index contributed by atoms with van der Waals surface area (Å²) in [7, 11) is 0. The summed E-state index contributed by atoms with van der Waals surface area (Å²) in [5.74, 6) is 0.105. The molecule has 3 heterocycles. The van der Waals surface area contributed by atoms with Crippen molar-refractivity contribution in [2.45, 2.75) is 50.1 Å². The molecular formula is C23H23F3N4O4. The maximum Gasteiger partial charge on any atom is 0.573 e. The van der Waals surface area contributed by atoms with E-state index in [1.165, 1.54) is 12.1 Å². The number of fused-ring (bicyclic) bond motifs is 1. The molecule has 34 heavy (non-hydrogen) atoms. The first kappa shape index (κ1) is 22.4. The Kier molecular flexibility index (Phi) is 5.78. The lowest BCUT2D eigenvalue weighted by molar-refractivity contribution is -0.274. The van der Waals surface area contributed by atoms with Crippen molar-refractivity contribution >= 4 is 11.8 Å². The number of rotatable bonds is 5. The standard InChI is InChI=1S/C23H23F3N4O4/c24-23(25,26)34-17-5-3-15(4-6-17)22(32)29-8-7-21(31)30-13-18(9-16(30)12-29)33-20-11-27-19(10-28-20)14-1-2-14/h3-6,10-11,14,16,18H,1-2,7-9,12-13H2/t16-,18+/m1/s1. The number of hydrogen-bond donors (Lipinski definition) is 0. The molecule has 2 aromatic rings. The summed E-state index contributed by atoms with van der Waals surface area (Å²) in [6, 6.07) is 4.57. The van der Waals surface area contributed by atoms with Crippen molar-refractivity contribution in [3.8, 4) is 11.6 Å². The Hall–Kier alpha value is -3.37. The van der Waals surface area contributed by atoms with Crippen molar-refractivity contribution in [2.24, 2.45) is 0 Å². The first-order chi connectivity index (χ1) is 16.2. The number of carbonyl (C=O) groups excluding carboxylic acids is 2. The summed E-state index contributed by atoms with van der Waals surface area (Å²) in [5, 5.41) is 0. The van der Waals surface area contributed by atoms with Crippen LogP contribution in [-0.4, -0.2) is 69.7 Å². The van der Waals surface area contributed by atoms with Gasteiger partial charge < -0.3 is 19.3 Å². The van der Waals surface area contributed by atoms with E-state index in [4.69, 9.17) is 4.74 Å². The third-order valence-electron chi connectivity index (χ3n) is 6.28. The summed E-state index contributed by atoms with van der Waals surface area (Å²) in [6.45, 7) is 0.962. The molecule has 2 atom stereocenters. The van der Waals surface area contributed by atoms with Gasteiger partial charge in [0.15, 0.2) is 0 Å². The Labute approximate surface area is 193 Å². The molecule has 3 aliphatic rings. The predicted octanol–water partition coefficient (Wildman–Crippen LogP) is 3.15. The van der Waals surface area contributed by atoms with Crippen molar-refractivity contribution < 1.29 is 32.2 Å². The molecule has 180 valence electrons. The molecule has 2 aliphatic heterocycles. The lowest BCUT2D eigenvalue weighted by Gasteiger charge is -2.25. The summed E-state index contributed by atoms with van der Waals surface area (Å²) in [4.78, 5) is 37.7. The average Bonchev–Trinajstić information content (AvgIpc) is 3.59. The fraction of sp³-hybridized carbons (Fsp3) is 0.478. The van der Waals surface area contributed by atoms with Gasteiger partial charge in [-0.1, -0.05) is 0 Å². The second kappa shape index (κ2) is 8.77. The van der Waals surface area contributed by atoms with Crippen molar-refractivity contribution in [1.82, 2.24) is 19.8 Å². The Morgan fingerprint density at radius 3 is 2.47 bits per heavy atom. The molecule has 0 N–H and O–H groups in total. The van der Waals surface area contributed by atoms with E-state index in [0.29, 0.717) is 31.3 Å². The van der Waals surface area contributed by atoms with Crippen LogP contribution in [0.4, 0.5) is 13.2 Å². The second-order valence-electron chi connectivity index (χ2n) is 8.80. The van der Waals surface area contributed by atoms with E-state index in [1.807, 2.05) is 0 Å². The Balaban J connectivity index is 1.22. The SMILES string of the molecule is O=C(c1ccc(OC(F)(F)F)cc1)N1CCC(=O)N2C[C@@H](Oc3cnc(C4CC4)cn3)C[C@@H]2C1. The largest absolute Gasteiger partial charge is 0.573 e. The van der Waals surface area contributed by atoms with Gasteiger partial charge in [-0.15, -0.1) is 13.2 Å². The number of ether oxygens (including phenoxy) is 2. The average molecular weight is 476 g/mol. The van der Waals surface area contributed by atoms with E-state index in [1.54, 1.807) is 22.2 Å². The highest BCUT2D eigenvalue weighted by Crippen LogP contribution is 2.38. The first-order valence-electron chi connectivity index (χ1n) is 11.2. The highest BCUT2D eigenvalue weighted by atomic mass is 19.4. The molecule has 0 radical (unpaired) electrons. The van der Waals surface area contributed by atoms with Crippen LogP contribution in [0.5, 0.6) is 11.6 Å². The zero-order valence-electron chi connectivity index (χ0n) is 18.2. The fourth-order valence-corrected chi connectivity index (χ4v) is 4.47. The van der Waals surface area contributed by atoms with Gasteiger partial charge in [0, 0.05) is 37.4 Å². The Morgan fingerprint density at radius 1 is 1.06 bits per heavy atom. The second-order valence-corrected chi connectivity index (χ2v) is 8.80. The minimum atomic E-state index is -4.80. The Morgan fingerprint density at radius 2 is 1.82 bits per heavy atom. The van der Waals surface area contributed by atoms with Gasteiger partial charge in [0.2, 0.25) is 11.8 Å². The summed E-state index contributed by atoms with van der Waals surface area (Å²) in [6.07, 6.45) is 1.27. The molecule has 11 heteroatoms. The van der Waals surface area contributed by atoms with E-state index in [9.17, 15) is 22.8 Å². The molecule has 0 bridgehead atoms. The van der Waals surface area contributed by atoms with Gasteiger partial charge in [-0.25, -0.2) is 4.98 Å². The normalized spacial score (nSPS) is 22.9. The maximum atomic E-state index is 13.0. The lowest BCUT2D eigenvalue weighted by atomic mass is 10.1. The van der Waals surface area contributed by atoms with Gasteiger partial charge in [-0.05, 0) is 37.1 Å². The quantitative estimate of drug-likeness (QED) is 0.659. The molecule has 0 spiro atoms. The number of benzene rings is 1. The van der Waals surface area contributed by atoms with Crippen molar-refractivity contribution in [1.29, 1.82) is 0 Å². The number of hydrogen-bond acceptors (Lipinski definition) is 6. The molecule has 0 unspecified atom stereocenters. The maximum absolute atomic E-state index is 13.0. The zero-order chi connectivity index (χ0) is 23.9. The molecule has 1 aliphatic carbocycles. The number of aromatic nitrogens is 2. The molecule has 8 nitrogen and oxygen atoms in total. The van der Waals surface area contributed by atoms with Crippen LogP contribution in [0.1, 0.15) is 47.7 Å². The predicted molar refractivity (Wildman–Crippen MR) is 112 cm³/mol. The van der Waals surface area contributed by atoms with E-state index >= 15 is 0 Å². The summed E-state index contributed by atoms with van der Waals surface area (Å²) in [5.41, 5.74) is 1.20. The number of alkyl halides is 3. The Bertz CT molecular complexity index is 1060. The molecule has 1 aromatic carbocycles. The third kappa shape index (κ3) is 5.07. The van der Waals surface area contributed by atoms with Crippen LogP contribution >= 0.6 is 0 Å². The molecule has 2 amide bonds. The van der Waals surface area contributed by atoms with Crippen LogP contribution < -0.4 is 9.47 Å². The van der Waals surface area contributed by atoms with E-state index in [0.717, 1.165) is 30.7 Å². The zero-order valence-corrected chi connectivity index (χ0v) is 18.2. The monoisotopic (exact) mass is 476 g/mol. The number of nitrogens with zero attached hydrogens (tertiary/aromatic N) is 4. The first-order valence-corrected chi connectivity index (χ1v) is 11.2. The van der Waals surface area contributed by atoms with E-state index < -0.39 is 12.1 Å². The minimum Gasteiger partial charge on any atom is -0.471 e. The summed E-state index contributed by atoms with van der Waals surface area (Å²) >= 11 is 0. The topological polar surface area (TPSA) is 84.9 Å². The van der Waals surface area contributed by atoms with Gasteiger partial charge in [0.1, 0.15) is 11.9 Å². The van der Waals surface area contributed by atoms with E-state index in [2.05, 4.69) is 14.7 Å². The molecular weight excluding hydrogens is 453 g/mol. The van der Waals surface area contributed by atoms with Crippen LogP contribution in [-0.2, 0) is 4.79 Å². The van der Waals surface area contributed by atoms with Crippen LogP contribution in [0.3, 0.4) is 0 Å². The van der Waals surface area contributed by atoms with Gasteiger partial charge >= 0.3 is 6.36 Å². The van der Waals surface area contributed by atoms with Gasteiger partial charge in [0.25, 0.3) is 5.91 Å². The number of amides is 2. The highest BCUT2D eigenvalue weighted by Gasteiger charge is 2.40. The smallest absolute Gasteiger partial charge is 0.471 e. The van der Waals surface area contributed by atoms with Crippen molar-refractivity contribution in [3.05, 3.63) is 47.9 Å². The van der Waals surface area contributed by atoms with Gasteiger partial charge in [-0.3, -0.25) is 14.6 Å². The van der Waals surface area contributed by atoms with Crippen LogP contribution in [0.2, 0.25) is 0 Å². The third-order valence-corrected chi connectivity index (χ3v) is 6.28. The lowest BCUT2D eigenvalue weighted by Crippen LogP contribution is -2.40. The number of carbonyl (C=O) groups is 2. The van der Waals surface area contributed by atoms with Crippen molar-refractivity contribution in [3.63, 3.8) is 0 Å². The fourth-order valence-electron chi connectivity index (χ4n) is 4.47. The summed E-state index contributed by atoms with van der Waals surface area (Å²) < 4.78 is 46.9. The van der Waals surface area contributed by atoms with Gasteiger partial charge in [0.05, 0.1) is 30.7 Å². The molecule has 2 saturated heterocycles. The highest BCUT2D eigenvalue weighted by molar-refractivity contribution is 5.95. The van der Waals surface area contributed by atoms with E-state index in [-0.39, 0.29) is 42.5 Å². The van der Waals surface area contributed by atoms with Gasteiger partial charge in [-0.2, -0.15) is 0 Å². The minimum absolute atomic E-state index is 0.0597. The van der Waals surface area contributed by atoms with Crippen LogP contribution in [0.15, 0.2) is 36.7 Å². The molecule has 5 rings (SSSR count). The molecule has 3 fully saturated rings. The molecule has 1 aromatic heterocycles.